The van der Waals surface area contributed by atoms with Crippen molar-refractivity contribution in [3.8, 4) is 5.75 Å². The smallest absolute Gasteiger partial charge is 0.224 e. The lowest BCUT2D eigenvalue weighted by atomic mass is 10.1. The Balaban J connectivity index is 1.64. The highest BCUT2D eigenvalue weighted by Crippen LogP contribution is 2.16. The van der Waals surface area contributed by atoms with E-state index in [2.05, 4.69) is 10.3 Å². The number of amides is 1. The Labute approximate surface area is 128 Å². The van der Waals surface area contributed by atoms with E-state index < -0.39 is 0 Å². The molecule has 0 aliphatic heterocycles. The fourth-order valence-electron chi connectivity index (χ4n) is 2.34. The van der Waals surface area contributed by atoms with E-state index in [0.29, 0.717) is 12.8 Å². The molecule has 0 radical (unpaired) electrons. The van der Waals surface area contributed by atoms with Gasteiger partial charge < -0.3 is 14.5 Å². The zero-order chi connectivity index (χ0) is 15.4. The average molecular weight is 295 g/mol. The molecule has 3 rings (SSSR count). The maximum atomic E-state index is 12.1. The topological polar surface area (TPSA) is 55.6 Å². The highest BCUT2D eigenvalue weighted by atomic mass is 16.5. The number of carbonyl (C=O) groups excluding carboxylic acids is 1. The van der Waals surface area contributed by atoms with Gasteiger partial charge in [0.05, 0.1) is 12.8 Å². The molecule has 22 heavy (non-hydrogen) atoms. The molecule has 3 aromatic rings. The largest absolute Gasteiger partial charge is 0.497 e. The number of pyridine rings is 1. The summed E-state index contributed by atoms with van der Waals surface area (Å²) in [6.07, 6.45) is 6.53. The quantitative estimate of drug-likeness (QED) is 0.787. The van der Waals surface area contributed by atoms with E-state index in [1.807, 2.05) is 53.2 Å². The summed E-state index contributed by atoms with van der Waals surface area (Å²) in [4.78, 5) is 16.4. The second-order valence-corrected chi connectivity index (χ2v) is 4.98. The van der Waals surface area contributed by atoms with Crippen molar-refractivity contribution in [3.63, 3.8) is 0 Å². The molecule has 0 saturated heterocycles. The number of fused-ring (bicyclic) bond motifs is 1. The summed E-state index contributed by atoms with van der Waals surface area (Å²) in [5.41, 5.74) is 2.55. The maximum absolute atomic E-state index is 12.1. The fraction of sp³-hybridized carbons (Fsp3) is 0.176. The first-order valence-electron chi connectivity index (χ1n) is 7.11. The molecule has 1 aromatic carbocycles. The van der Waals surface area contributed by atoms with Gasteiger partial charge in [-0.25, -0.2) is 4.98 Å². The van der Waals surface area contributed by atoms with Gasteiger partial charge in [0.1, 0.15) is 5.75 Å². The van der Waals surface area contributed by atoms with Crippen molar-refractivity contribution in [2.75, 3.05) is 12.4 Å². The molecule has 0 atom stereocenters. The van der Waals surface area contributed by atoms with Crippen LogP contribution in [0.1, 0.15) is 12.0 Å². The molecule has 0 saturated carbocycles. The fourth-order valence-corrected chi connectivity index (χ4v) is 2.34. The third kappa shape index (κ3) is 3.09. The van der Waals surface area contributed by atoms with Crippen molar-refractivity contribution >= 4 is 17.2 Å². The second-order valence-electron chi connectivity index (χ2n) is 4.98. The van der Waals surface area contributed by atoms with Gasteiger partial charge in [0.15, 0.2) is 5.65 Å². The Hall–Kier alpha value is -2.82. The Morgan fingerprint density at radius 3 is 3.05 bits per heavy atom. The van der Waals surface area contributed by atoms with Crippen LogP contribution >= 0.6 is 0 Å². The van der Waals surface area contributed by atoms with E-state index in [1.54, 1.807) is 13.3 Å². The van der Waals surface area contributed by atoms with Gasteiger partial charge in [0.2, 0.25) is 5.91 Å². The number of rotatable bonds is 5. The Morgan fingerprint density at radius 2 is 2.18 bits per heavy atom. The number of anilines is 1. The molecule has 1 N–H and O–H groups in total. The molecule has 2 heterocycles. The van der Waals surface area contributed by atoms with E-state index >= 15 is 0 Å². The number of benzene rings is 1. The minimum absolute atomic E-state index is 0.0288. The Morgan fingerprint density at radius 1 is 1.27 bits per heavy atom. The maximum Gasteiger partial charge on any atom is 0.224 e. The first kappa shape index (κ1) is 14.1. The first-order chi connectivity index (χ1) is 10.8. The third-order valence-corrected chi connectivity index (χ3v) is 3.47. The summed E-state index contributed by atoms with van der Waals surface area (Å²) in [6.45, 7) is 0. The van der Waals surface area contributed by atoms with Crippen LogP contribution in [0, 0.1) is 0 Å². The monoisotopic (exact) mass is 295 g/mol. The summed E-state index contributed by atoms with van der Waals surface area (Å²) in [7, 11) is 1.64. The number of imidazole rings is 1. The van der Waals surface area contributed by atoms with Crippen molar-refractivity contribution < 1.29 is 9.53 Å². The SMILES string of the molecule is COc1cccc(CCC(=O)Nc2cccn3ccnc23)c1. The van der Waals surface area contributed by atoms with E-state index in [9.17, 15) is 4.79 Å². The molecule has 0 fully saturated rings. The van der Waals surface area contributed by atoms with E-state index in [-0.39, 0.29) is 5.91 Å². The average Bonchev–Trinajstić information content (AvgIpc) is 3.03. The van der Waals surface area contributed by atoms with Gasteiger partial charge in [-0.2, -0.15) is 0 Å². The number of carbonyl (C=O) groups is 1. The predicted octanol–water partition coefficient (Wildman–Crippen LogP) is 2.91. The van der Waals surface area contributed by atoms with Gasteiger partial charge in [0.25, 0.3) is 0 Å². The van der Waals surface area contributed by atoms with Crippen molar-refractivity contribution in [1.82, 2.24) is 9.38 Å². The molecule has 1 amide bonds. The molecule has 112 valence electrons. The Bertz CT molecular complexity index is 795. The molecular weight excluding hydrogens is 278 g/mol. The molecular formula is C17H17N3O2. The summed E-state index contributed by atoms with van der Waals surface area (Å²) < 4.78 is 7.06. The van der Waals surface area contributed by atoms with Gasteiger partial charge in [-0.15, -0.1) is 0 Å². The van der Waals surface area contributed by atoms with Crippen LogP contribution in [-0.2, 0) is 11.2 Å². The number of nitrogens with one attached hydrogen (secondary N) is 1. The lowest BCUT2D eigenvalue weighted by molar-refractivity contribution is -0.116. The molecule has 0 unspecified atom stereocenters. The number of aryl methyl sites for hydroxylation is 1. The first-order valence-corrected chi connectivity index (χ1v) is 7.11. The molecule has 5 heteroatoms. The van der Waals surface area contributed by atoms with Crippen LogP contribution in [0.5, 0.6) is 5.75 Å². The molecule has 5 nitrogen and oxygen atoms in total. The Kier molecular flexibility index (Phi) is 4.05. The van der Waals surface area contributed by atoms with Gasteiger partial charge in [-0.1, -0.05) is 12.1 Å². The number of ether oxygens (including phenoxy) is 1. The number of hydrogen-bond donors (Lipinski definition) is 1. The van der Waals surface area contributed by atoms with Crippen molar-refractivity contribution in [1.29, 1.82) is 0 Å². The molecule has 2 aromatic heterocycles. The van der Waals surface area contributed by atoms with Crippen LogP contribution in [0.2, 0.25) is 0 Å². The lowest BCUT2D eigenvalue weighted by Gasteiger charge is -2.07. The zero-order valence-corrected chi connectivity index (χ0v) is 12.3. The lowest BCUT2D eigenvalue weighted by Crippen LogP contribution is -2.13. The molecule has 0 aliphatic carbocycles. The number of hydrogen-bond acceptors (Lipinski definition) is 3. The second kappa shape index (κ2) is 6.30. The highest BCUT2D eigenvalue weighted by Gasteiger charge is 2.07. The third-order valence-electron chi connectivity index (χ3n) is 3.47. The minimum Gasteiger partial charge on any atom is -0.497 e. The van der Waals surface area contributed by atoms with Crippen LogP contribution in [0.3, 0.4) is 0 Å². The van der Waals surface area contributed by atoms with Crippen molar-refractivity contribution in [3.05, 3.63) is 60.6 Å². The van der Waals surface area contributed by atoms with Crippen LogP contribution in [0.25, 0.3) is 5.65 Å². The van der Waals surface area contributed by atoms with Gasteiger partial charge in [0, 0.05) is 25.0 Å². The zero-order valence-electron chi connectivity index (χ0n) is 12.3. The van der Waals surface area contributed by atoms with Gasteiger partial charge in [-0.3, -0.25) is 4.79 Å². The van der Waals surface area contributed by atoms with Crippen molar-refractivity contribution in [2.24, 2.45) is 0 Å². The van der Waals surface area contributed by atoms with Crippen LogP contribution in [-0.4, -0.2) is 22.4 Å². The van der Waals surface area contributed by atoms with Gasteiger partial charge >= 0.3 is 0 Å². The van der Waals surface area contributed by atoms with Crippen molar-refractivity contribution in [2.45, 2.75) is 12.8 Å². The van der Waals surface area contributed by atoms with Crippen LogP contribution in [0.15, 0.2) is 55.0 Å². The summed E-state index contributed by atoms with van der Waals surface area (Å²) >= 11 is 0. The summed E-state index contributed by atoms with van der Waals surface area (Å²) in [5.74, 6) is 0.777. The van der Waals surface area contributed by atoms with Gasteiger partial charge in [-0.05, 0) is 36.2 Å². The molecule has 0 bridgehead atoms. The standard InChI is InChI=1S/C17H17N3O2/c1-22-14-5-2-4-13(12-14)7-8-16(21)19-15-6-3-10-20-11-9-18-17(15)20/h2-6,9-12H,7-8H2,1H3,(H,19,21). The number of nitrogens with zero attached hydrogens (tertiary/aromatic N) is 2. The summed E-state index contributed by atoms with van der Waals surface area (Å²) in [5, 5.41) is 2.92. The molecule has 0 spiro atoms. The number of aromatic nitrogens is 2. The normalized spacial score (nSPS) is 10.6. The van der Waals surface area contributed by atoms with E-state index in [0.717, 1.165) is 22.6 Å². The summed E-state index contributed by atoms with van der Waals surface area (Å²) in [6, 6.07) is 11.5. The van der Waals surface area contributed by atoms with Crippen LogP contribution in [0.4, 0.5) is 5.69 Å². The van der Waals surface area contributed by atoms with E-state index in [4.69, 9.17) is 4.74 Å². The molecule has 0 aliphatic rings. The number of methoxy groups -OCH3 is 1. The predicted molar refractivity (Wildman–Crippen MR) is 85.1 cm³/mol. The minimum atomic E-state index is -0.0288. The highest BCUT2D eigenvalue weighted by molar-refractivity contribution is 5.94. The van der Waals surface area contributed by atoms with E-state index in [1.165, 1.54) is 0 Å². The van der Waals surface area contributed by atoms with Crippen LogP contribution < -0.4 is 10.1 Å².